The predicted molar refractivity (Wildman–Crippen MR) is 105 cm³/mol. The van der Waals surface area contributed by atoms with Crippen molar-refractivity contribution in [1.82, 2.24) is 0 Å². The lowest BCUT2D eigenvalue weighted by Gasteiger charge is -2.08. The third-order valence-corrected chi connectivity index (χ3v) is 3.76. The summed E-state index contributed by atoms with van der Waals surface area (Å²) in [6.45, 7) is 0. The van der Waals surface area contributed by atoms with Gasteiger partial charge in [0.2, 0.25) is 0 Å². The molecule has 0 aromatic heterocycles. The SMILES string of the molecule is N#C/C(=C/Nc1ccc(F)cc1F)C(=O)Nc1ccc(Oc2ccccc2)cc1. The topological polar surface area (TPSA) is 74.2 Å². The van der Waals surface area contributed by atoms with Crippen LogP contribution in [0.15, 0.2) is 84.6 Å². The lowest BCUT2D eigenvalue weighted by Crippen LogP contribution is -2.14. The van der Waals surface area contributed by atoms with Crippen LogP contribution in [0.5, 0.6) is 11.5 Å². The van der Waals surface area contributed by atoms with E-state index in [-0.39, 0.29) is 11.3 Å². The number of para-hydroxylation sites is 1. The number of carbonyl (C=O) groups is 1. The third-order valence-electron chi connectivity index (χ3n) is 3.76. The fourth-order valence-electron chi connectivity index (χ4n) is 2.33. The molecule has 0 heterocycles. The number of benzene rings is 3. The summed E-state index contributed by atoms with van der Waals surface area (Å²) in [4.78, 5) is 12.3. The highest BCUT2D eigenvalue weighted by atomic mass is 19.1. The maximum absolute atomic E-state index is 13.6. The van der Waals surface area contributed by atoms with E-state index in [9.17, 15) is 18.8 Å². The van der Waals surface area contributed by atoms with Gasteiger partial charge in [0.25, 0.3) is 5.91 Å². The van der Waals surface area contributed by atoms with Crippen LogP contribution in [0.2, 0.25) is 0 Å². The molecule has 5 nitrogen and oxygen atoms in total. The molecule has 0 bridgehead atoms. The van der Waals surface area contributed by atoms with Crippen molar-refractivity contribution in [3.05, 3.63) is 96.2 Å². The van der Waals surface area contributed by atoms with Crippen LogP contribution < -0.4 is 15.4 Å². The smallest absolute Gasteiger partial charge is 0.267 e. The average molecular weight is 391 g/mol. The van der Waals surface area contributed by atoms with Crippen LogP contribution in [0.1, 0.15) is 0 Å². The molecular weight excluding hydrogens is 376 g/mol. The monoisotopic (exact) mass is 391 g/mol. The normalized spacial score (nSPS) is 10.7. The molecule has 29 heavy (non-hydrogen) atoms. The van der Waals surface area contributed by atoms with Gasteiger partial charge in [-0.2, -0.15) is 5.26 Å². The summed E-state index contributed by atoms with van der Waals surface area (Å²) in [5.41, 5.74) is 0.109. The number of carbonyl (C=O) groups excluding carboxylic acids is 1. The number of hydrogen-bond acceptors (Lipinski definition) is 4. The van der Waals surface area contributed by atoms with E-state index in [1.165, 1.54) is 6.07 Å². The van der Waals surface area contributed by atoms with Crippen molar-refractivity contribution in [3.63, 3.8) is 0 Å². The number of hydrogen-bond donors (Lipinski definition) is 2. The van der Waals surface area contributed by atoms with Gasteiger partial charge < -0.3 is 15.4 Å². The molecule has 0 atom stereocenters. The van der Waals surface area contributed by atoms with Gasteiger partial charge in [0, 0.05) is 18.0 Å². The largest absolute Gasteiger partial charge is 0.457 e. The maximum atomic E-state index is 13.6. The minimum absolute atomic E-state index is 0.0608. The van der Waals surface area contributed by atoms with Gasteiger partial charge in [0.05, 0.1) is 5.69 Å². The average Bonchev–Trinajstić information content (AvgIpc) is 2.72. The molecular formula is C22H15F2N3O2. The Balaban J connectivity index is 1.64. The van der Waals surface area contributed by atoms with Crippen LogP contribution in [0.3, 0.4) is 0 Å². The first-order valence-electron chi connectivity index (χ1n) is 8.51. The molecule has 3 aromatic carbocycles. The molecule has 0 aliphatic rings. The second kappa shape index (κ2) is 9.15. The van der Waals surface area contributed by atoms with E-state index in [0.29, 0.717) is 23.3 Å². The van der Waals surface area contributed by atoms with Gasteiger partial charge in [-0.25, -0.2) is 8.78 Å². The quantitative estimate of drug-likeness (QED) is 0.447. The first kappa shape index (κ1) is 19.6. The second-order valence-corrected chi connectivity index (χ2v) is 5.83. The molecule has 0 aliphatic carbocycles. The molecule has 0 saturated heterocycles. The van der Waals surface area contributed by atoms with Crippen LogP contribution in [0.25, 0.3) is 0 Å². The summed E-state index contributed by atoms with van der Waals surface area (Å²) in [6, 6.07) is 20.5. The van der Waals surface area contributed by atoms with Crippen molar-refractivity contribution in [3.8, 4) is 17.6 Å². The highest BCUT2D eigenvalue weighted by Gasteiger charge is 2.10. The molecule has 7 heteroatoms. The van der Waals surface area contributed by atoms with Crippen molar-refractivity contribution in [1.29, 1.82) is 5.26 Å². The lowest BCUT2D eigenvalue weighted by molar-refractivity contribution is -0.112. The summed E-state index contributed by atoms with van der Waals surface area (Å²) in [7, 11) is 0. The van der Waals surface area contributed by atoms with Crippen molar-refractivity contribution in [2.45, 2.75) is 0 Å². The third kappa shape index (κ3) is 5.40. The van der Waals surface area contributed by atoms with Crippen molar-refractivity contribution in [2.75, 3.05) is 10.6 Å². The summed E-state index contributed by atoms with van der Waals surface area (Å²) in [5.74, 6) is -0.987. The summed E-state index contributed by atoms with van der Waals surface area (Å²) in [5, 5.41) is 14.2. The van der Waals surface area contributed by atoms with E-state index in [4.69, 9.17) is 4.74 Å². The van der Waals surface area contributed by atoms with Gasteiger partial charge in [0.1, 0.15) is 34.8 Å². The Morgan fingerprint density at radius 2 is 1.66 bits per heavy atom. The number of nitrogens with one attached hydrogen (secondary N) is 2. The summed E-state index contributed by atoms with van der Waals surface area (Å²) in [6.07, 6.45) is 1.05. The number of nitrogens with zero attached hydrogens (tertiary/aromatic N) is 1. The molecule has 0 radical (unpaired) electrons. The van der Waals surface area contributed by atoms with Gasteiger partial charge in [-0.05, 0) is 48.5 Å². The Kier molecular flexibility index (Phi) is 6.18. The number of halogens is 2. The molecule has 3 rings (SSSR count). The fourth-order valence-corrected chi connectivity index (χ4v) is 2.33. The van der Waals surface area contributed by atoms with E-state index in [1.807, 2.05) is 30.3 Å². The number of anilines is 2. The minimum Gasteiger partial charge on any atom is -0.457 e. The number of nitriles is 1. The van der Waals surface area contributed by atoms with E-state index >= 15 is 0 Å². The van der Waals surface area contributed by atoms with Crippen LogP contribution in [0, 0.1) is 23.0 Å². The highest BCUT2D eigenvalue weighted by molar-refractivity contribution is 6.06. The molecule has 144 valence electrons. The number of amides is 1. The summed E-state index contributed by atoms with van der Waals surface area (Å²) >= 11 is 0. The standard InChI is InChI=1S/C22H15F2N3O2/c23-16-6-11-21(20(24)12-16)26-14-15(13-25)22(28)27-17-7-9-19(10-8-17)29-18-4-2-1-3-5-18/h1-12,14,26H,(H,27,28)/b15-14-. The van der Waals surface area contributed by atoms with Crippen LogP contribution in [-0.2, 0) is 4.79 Å². The fraction of sp³-hybridized carbons (Fsp3) is 0. The van der Waals surface area contributed by atoms with E-state index in [1.54, 1.807) is 30.3 Å². The summed E-state index contributed by atoms with van der Waals surface area (Å²) < 4.78 is 32.2. The second-order valence-electron chi connectivity index (χ2n) is 5.83. The highest BCUT2D eigenvalue weighted by Crippen LogP contribution is 2.23. The van der Waals surface area contributed by atoms with E-state index in [2.05, 4.69) is 10.6 Å². The molecule has 0 fully saturated rings. The molecule has 2 N–H and O–H groups in total. The van der Waals surface area contributed by atoms with Crippen molar-refractivity contribution in [2.24, 2.45) is 0 Å². The van der Waals surface area contributed by atoms with Gasteiger partial charge in [-0.15, -0.1) is 0 Å². The molecule has 0 aliphatic heterocycles. The first-order valence-corrected chi connectivity index (χ1v) is 8.51. The molecule has 0 saturated carbocycles. The minimum atomic E-state index is -0.840. The molecule has 3 aromatic rings. The van der Waals surface area contributed by atoms with Gasteiger partial charge in [0.15, 0.2) is 0 Å². The Morgan fingerprint density at radius 3 is 2.31 bits per heavy atom. The van der Waals surface area contributed by atoms with Crippen LogP contribution in [-0.4, -0.2) is 5.91 Å². The molecule has 0 spiro atoms. The zero-order valence-corrected chi connectivity index (χ0v) is 15.0. The van der Waals surface area contributed by atoms with Gasteiger partial charge in [-0.3, -0.25) is 4.79 Å². The van der Waals surface area contributed by atoms with Crippen LogP contribution >= 0.6 is 0 Å². The first-order chi connectivity index (χ1) is 14.0. The maximum Gasteiger partial charge on any atom is 0.267 e. The lowest BCUT2D eigenvalue weighted by atomic mass is 10.2. The van der Waals surface area contributed by atoms with E-state index < -0.39 is 17.5 Å². The van der Waals surface area contributed by atoms with Crippen molar-refractivity contribution >= 4 is 17.3 Å². The van der Waals surface area contributed by atoms with Crippen LogP contribution in [0.4, 0.5) is 20.2 Å². The predicted octanol–water partition coefficient (Wildman–Crippen LogP) is 5.22. The number of ether oxygens (including phenoxy) is 1. The van der Waals surface area contributed by atoms with Gasteiger partial charge >= 0.3 is 0 Å². The Labute approximate surface area is 165 Å². The van der Waals surface area contributed by atoms with Gasteiger partial charge in [-0.1, -0.05) is 18.2 Å². The molecule has 0 unspecified atom stereocenters. The molecule has 1 amide bonds. The van der Waals surface area contributed by atoms with Crippen molar-refractivity contribution < 1.29 is 18.3 Å². The Hall–Kier alpha value is -4.18. The Bertz CT molecular complexity index is 1080. The zero-order chi connectivity index (χ0) is 20.6. The van der Waals surface area contributed by atoms with E-state index in [0.717, 1.165) is 12.3 Å². The number of rotatable bonds is 6. The Morgan fingerprint density at radius 1 is 0.966 bits per heavy atom. The zero-order valence-electron chi connectivity index (χ0n) is 15.0.